The van der Waals surface area contributed by atoms with E-state index < -0.39 is 0 Å². The van der Waals surface area contributed by atoms with Gasteiger partial charge in [0.2, 0.25) is 0 Å². The van der Waals surface area contributed by atoms with Gasteiger partial charge in [-0.15, -0.1) is 0 Å². The molecular formula is C12H16N4. The fourth-order valence-corrected chi connectivity index (χ4v) is 1.45. The highest BCUT2D eigenvalue weighted by atomic mass is 15.4. The third kappa shape index (κ3) is 2.10. The van der Waals surface area contributed by atoms with Gasteiger partial charge in [-0.25, -0.2) is 0 Å². The highest BCUT2D eigenvalue weighted by molar-refractivity contribution is 5.52. The molecule has 2 rings (SSSR count). The second-order valence-electron chi connectivity index (χ2n) is 4.90. The molecule has 2 heterocycles. The molecule has 0 unspecified atom stereocenters. The van der Waals surface area contributed by atoms with Gasteiger partial charge in [0.15, 0.2) is 0 Å². The molecule has 16 heavy (non-hydrogen) atoms. The normalized spacial score (nSPS) is 11.8. The van der Waals surface area contributed by atoms with Crippen LogP contribution in [0.3, 0.4) is 0 Å². The van der Waals surface area contributed by atoms with Gasteiger partial charge in [0.25, 0.3) is 0 Å². The lowest BCUT2D eigenvalue weighted by molar-refractivity contribution is 0.587. The minimum Gasteiger partial charge on any atom is -0.254 e. The first-order chi connectivity index (χ1) is 7.47. The Morgan fingerprint density at radius 2 is 1.81 bits per heavy atom. The molecule has 2 aromatic heterocycles. The molecule has 4 heteroatoms. The van der Waals surface area contributed by atoms with Crippen molar-refractivity contribution in [3.63, 3.8) is 0 Å². The Balaban J connectivity index is 2.33. The zero-order chi connectivity index (χ0) is 11.8. The monoisotopic (exact) mass is 216 g/mol. The van der Waals surface area contributed by atoms with E-state index in [0.717, 1.165) is 11.4 Å². The molecule has 0 bridgehead atoms. The Morgan fingerprint density at radius 1 is 1.06 bits per heavy atom. The maximum Gasteiger partial charge on any atom is 0.131 e. The maximum absolute atomic E-state index is 4.41. The number of pyridine rings is 1. The Bertz CT molecular complexity index is 476. The Kier molecular flexibility index (Phi) is 2.50. The topological polar surface area (TPSA) is 43.6 Å². The summed E-state index contributed by atoms with van der Waals surface area (Å²) in [6.45, 7) is 6.52. The molecule has 0 saturated carbocycles. The molecule has 0 fully saturated rings. The van der Waals surface area contributed by atoms with Crippen LogP contribution >= 0.6 is 0 Å². The highest BCUT2D eigenvalue weighted by Crippen LogP contribution is 2.22. The van der Waals surface area contributed by atoms with Crippen LogP contribution in [0.5, 0.6) is 0 Å². The van der Waals surface area contributed by atoms with Crippen molar-refractivity contribution in [2.75, 3.05) is 0 Å². The average Bonchev–Trinajstić information content (AvgIpc) is 2.64. The van der Waals surface area contributed by atoms with Crippen LogP contribution in [0, 0.1) is 0 Å². The van der Waals surface area contributed by atoms with E-state index in [-0.39, 0.29) is 5.41 Å². The van der Waals surface area contributed by atoms with E-state index in [1.807, 2.05) is 12.3 Å². The van der Waals surface area contributed by atoms with E-state index in [4.69, 9.17) is 0 Å². The number of nitrogens with zero attached hydrogens (tertiary/aromatic N) is 4. The van der Waals surface area contributed by atoms with Crippen molar-refractivity contribution in [2.45, 2.75) is 26.2 Å². The van der Waals surface area contributed by atoms with Gasteiger partial charge in [0.05, 0.1) is 11.9 Å². The van der Waals surface area contributed by atoms with Crippen LogP contribution in [-0.2, 0) is 12.5 Å². The predicted molar refractivity (Wildman–Crippen MR) is 62.9 cm³/mol. The summed E-state index contributed by atoms with van der Waals surface area (Å²) in [4.78, 5) is 5.95. The van der Waals surface area contributed by atoms with E-state index in [0.29, 0.717) is 0 Å². The summed E-state index contributed by atoms with van der Waals surface area (Å²) in [6.07, 6.45) is 3.63. The van der Waals surface area contributed by atoms with E-state index >= 15 is 0 Å². The van der Waals surface area contributed by atoms with Gasteiger partial charge < -0.3 is 0 Å². The fraction of sp³-hybridized carbons (Fsp3) is 0.417. The summed E-state index contributed by atoms with van der Waals surface area (Å²) in [5.41, 5.74) is 3.03. The first-order valence-corrected chi connectivity index (χ1v) is 5.30. The molecule has 0 N–H and O–H groups in total. The minimum atomic E-state index is 0.133. The summed E-state index contributed by atoms with van der Waals surface area (Å²) >= 11 is 0. The van der Waals surface area contributed by atoms with Crippen molar-refractivity contribution in [3.05, 3.63) is 30.1 Å². The highest BCUT2D eigenvalue weighted by Gasteiger charge is 2.14. The van der Waals surface area contributed by atoms with Crippen molar-refractivity contribution < 1.29 is 0 Å². The molecule has 0 radical (unpaired) electrons. The third-order valence-corrected chi connectivity index (χ3v) is 2.49. The van der Waals surface area contributed by atoms with E-state index in [1.54, 1.807) is 13.2 Å². The Morgan fingerprint density at radius 3 is 2.25 bits per heavy atom. The van der Waals surface area contributed by atoms with Crippen molar-refractivity contribution in [1.82, 2.24) is 20.0 Å². The second-order valence-corrected chi connectivity index (χ2v) is 4.90. The molecule has 84 valence electrons. The summed E-state index contributed by atoms with van der Waals surface area (Å²) in [7, 11) is 1.80. The van der Waals surface area contributed by atoms with Crippen LogP contribution in [-0.4, -0.2) is 20.0 Å². The van der Waals surface area contributed by atoms with Crippen molar-refractivity contribution >= 4 is 0 Å². The zero-order valence-electron chi connectivity index (χ0n) is 10.1. The smallest absolute Gasteiger partial charge is 0.131 e. The molecular weight excluding hydrogens is 200 g/mol. The van der Waals surface area contributed by atoms with Crippen LogP contribution in [0.15, 0.2) is 24.5 Å². The molecule has 0 aliphatic heterocycles. The van der Waals surface area contributed by atoms with Gasteiger partial charge in [-0.3, -0.25) is 4.98 Å². The minimum absolute atomic E-state index is 0.133. The SMILES string of the molecule is Cn1ncc(-c2ccc(C(C)(C)C)cn2)n1. The van der Waals surface area contributed by atoms with Crippen LogP contribution in [0.2, 0.25) is 0 Å². The van der Waals surface area contributed by atoms with Crippen molar-refractivity contribution in [2.24, 2.45) is 7.05 Å². The standard InChI is InChI=1S/C12H16N4/c1-12(2,3)9-5-6-10(13-7-9)11-8-14-16(4)15-11/h5-8H,1-4H3. The molecule has 0 amide bonds. The van der Waals surface area contributed by atoms with E-state index in [1.165, 1.54) is 10.4 Å². The fourth-order valence-electron chi connectivity index (χ4n) is 1.45. The number of hydrogen-bond acceptors (Lipinski definition) is 3. The predicted octanol–water partition coefficient (Wildman–Crippen LogP) is 2.17. The van der Waals surface area contributed by atoms with Gasteiger partial charge in [-0.2, -0.15) is 15.0 Å². The van der Waals surface area contributed by atoms with Gasteiger partial charge in [-0.05, 0) is 17.0 Å². The van der Waals surface area contributed by atoms with Crippen molar-refractivity contribution in [3.8, 4) is 11.4 Å². The summed E-state index contributed by atoms with van der Waals surface area (Å²) in [6, 6.07) is 4.08. The van der Waals surface area contributed by atoms with Gasteiger partial charge in [-0.1, -0.05) is 26.8 Å². The lowest BCUT2D eigenvalue weighted by Crippen LogP contribution is -2.11. The molecule has 0 saturated heterocycles. The average molecular weight is 216 g/mol. The van der Waals surface area contributed by atoms with E-state index in [2.05, 4.69) is 42.0 Å². The summed E-state index contributed by atoms with van der Waals surface area (Å²) < 4.78 is 0. The molecule has 0 aliphatic rings. The Labute approximate surface area is 95.3 Å². The van der Waals surface area contributed by atoms with Gasteiger partial charge in [0.1, 0.15) is 5.69 Å². The molecule has 2 aromatic rings. The van der Waals surface area contributed by atoms with Crippen LogP contribution in [0.25, 0.3) is 11.4 Å². The first kappa shape index (κ1) is 10.8. The summed E-state index contributed by atoms with van der Waals surface area (Å²) in [5, 5.41) is 8.25. The first-order valence-electron chi connectivity index (χ1n) is 5.30. The largest absolute Gasteiger partial charge is 0.254 e. The molecule has 0 spiro atoms. The number of aromatic nitrogens is 4. The van der Waals surface area contributed by atoms with Crippen LogP contribution in [0.4, 0.5) is 0 Å². The number of rotatable bonds is 1. The molecule has 0 atom stereocenters. The second kappa shape index (κ2) is 3.70. The van der Waals surface area contributed by atoms with Gasteiger partial charge >= 0.3 is 0 Å². The zero-order valence-corrected chi connectivity index (χ0v) is 10.1. The molecule has 0 aromatic carbocycles. The lowest BCUT2D eigenvalue weighted by Gasteiger charge is -2.18. The summed E-state index contributed by atoms with van der Waals surface area (Å²) in [5.74, 6) is 0. The van der Waals surface area contributed by atoms with E-state index in [9.17, 15) is 0 Å². The number of hydrogen-bond donors (Lipinski definition) is 0. The maximum atomic E-state index is 4.41. The lowest BCUT2D eigenvalue weighted by atomic mass is 9.88. The molecule has 4 nitrogen and oxygen atoms in total. The quantitative estimate of drug-likeness (QED) is 0.733. The number of aryl methyl sites for hydroxylation is 1. The van der Waals surface area contributed by atoms with Crippen LogP contribution in [0.1, 0.15) is 26.3 Å². The Hall–Kier alpha value is -1.71. The van der Waals surface area contributed by atoms with Crippen LogP contribution < -0.4 is 0 Å². The van der Waals surface area contributed by atoms with Gasteiger partial charge in [0, 0.05) is 13.2 Å². The molecule has 0 aliphatic carbocycles. The third-order valence-electron chi connectivity index (χ3n) is 2.49. The van der Waals surface area contributed by atoms with Crippen molar-refractivity contribution in [1.29, 1.82) is 0 Å².